The summed E-state index contributed by atoms with van der Waals surface area (Å²) in [5.41, 5.74) is 4.22. The summed E-state index contributed by atoms with van der Waals surface area (Å²) >= 11 is 0. The Labute approximate surface area is 166 Å². The summed E-state index contributed by atoms with van der Waals surface area (Å²) in [4.78, 5) is 15.0. The molecular formula is C22H30N4O2. The molecule has 2 heterocycles. The molecule has 1 atom stereocenters. The summed E-state index contributed by atoms with van der Waals surface area (Å²) in [6.07, 6.45) is 5.38. The number of aliphatic hydroxyl groups is 1. The van der Waals surface area contributed by atoms with Gasteiger partial charge in [0, 0.05) is 44.0 Å². The van der Waals surface area contributed by atoms with Gasteiger partial charge in [0.2, 0.25) is 0 Å². The minimum absolute atomic E-state index is 0.0931. The molecule has 6 nitrogen and oxygen atoms in total. The molecule has 4 rings (SSSR count). The molecule has 0 saturated carbocycles. The quantitative estimate of drug-likeness (QED) is 0.827. The smallest absolute Gasteiger partial charge is 0.271 e. The zero-order valence-corrected chi connectivity index (χ0v) is 16.6. The first-order chi connectivity index (χ1) is 13.7. The number of aromatic nitrogens is 2. The summed E-state index contributed by atoms with van der Waals surface area (Å²) in [5.74, 6) is -0.0931. The van der Waals surface area contributed by atoms with Gasteiger partial charge in [0.05, 0.1) is 6.10 Å². The van der Waals surface area contributed by atoms with Gasteiger partial charge in [-0.25, -0.2) is 0 Å². The molecule has 1 aliphatic carbocycles. The van der Waals surface area contributed by atoms with Crippen LogP contribution in [0.5, 0.6) is 0 Å². The Balaban J connectivity index is 1.54. The van der Waals surface area contributed by atoms with Gasteiger partial charge in [-0.3, -0.25) is 14.4 Å². The van der Waals surface area contributed by atoms with Gasteiger partial charge in [-0.05, 0) is 44.1 Å². The van der Waals surface area contributed by atoms with E-state index < -0.39 is 0 Å². The maximum Gasteiger partial charge on any atom is 0.271 e. The minimum atomic E-state index is -0.155. The van der Waals surface area contributed by atoms with Crippen molar-refractivity contribution in [1.29, 1.82) is 0 Å². The van der Waals surface area contributed by atoms with Gasteiger partial charge in [-0.1, -0.05) is 30.3 Å². The van der Waals surface area contributed by atoms with Crippen LogP contribution in [0.2, 0.25) is 0 Å². The van der Waals surface area contributed by atoms with Crippen molar-refractivity contribution in [3.63, 3.8) is 0 Å². The second kappa shape index (κ2) is 8.45. The average Bonchev–Trinajstić information content (AvgIpc) is 3.11. The predicted molar refractivity (Wildman–Crippen MR) is 108 cm³/mol. The van der Waals surface area contributed by atoms with E-state index in [4.69, 9.17) is 5.10 Å². The molecule has 1 aliphatic heterocycles. The molecule has 1 unspecified atom stereocenters. The Morgan fingerprint density at radius 3 is 2.68 bits per heavy atom. The number of aliphatic hydroxyl groups excluding tert-OH is 1. The summed E-state index contributed by atoms with van der Waals surface area (Å²) in [5, 5.41) is 17.3. The van der Waals surface area contributed by atoms with E-state index in [1.54, 1.807) is 7.05 Å². The van der Waals surface area contributed by atoms with Crippen LogP contribution in [0.4, 0.5) is 0 Å². The van der Waals surface area contributed by atoms with Gasteiger partial charge < -0.3 is 10.4 Å². The molecule has 1 amide bonds. The number of piperidine rings is 1. The molecule has 0 radical (unpaired) electrons. The molecule has 6 heteroatoms. The lowest BCUT2D eigenvalue weighted by Crippen LogP contribution is -2.45. The molecule has 28 heavy (non-hydrogen) atoms. The topological polar surface area (TPSA) is 70.4 Å². The van der Waals surface area contributed by atoms with Crippen LogP contribution in [-0.4, -0.2) is 58.0 Å². The van der Waals surface area contributed by atoms with E-state index in [9.17, 15) is 9.90 Å². The van der Waals surface area contributed by atoms with Crippen LogP contribution in [0.15, 0.2) is 30.3 Å². The van der Waals surface area contributed by atoms with Gasteiger partial charge >= 0.3 is 0 Å². The fourth-order valence-electron chi connectivity index (χ4n) is 4.60. The van der Waals surface area contributed by atoms with Crippen molar-refractivity contribution in [3.05, 3.63) is 52.8 Å². The van der Waals surface area contributed by atoms with E-state index in [1.807, 2.05) is 6.07 Å². The number of likely N-dealkylation sites (tertiary alicyclic amines) is 1. The zero-order valence-electron chi connectivity index (χ0n) is 16.6. The fraction of sp³-hybridized carbons (Fsp3) is 0.545. The normalized spacial score (nSPS) is 20.7. The van der Waals surface area contributed by atoms with Gasteiger partial charge in [0.15, 0.2) is 5.69 Å². The Morgan fingerprint density at radius 1 is 1.21 bits per heavy atom. The maximum absolute atomic E-state index is 12.5. The van der Waals surface area contributed by atoms with Crippen LogP contribution in [-0.2, 0) is 25.8 Å². The number of benzene rings is 1. The standard InChI is InChI=1S/C22H30N4O2/c1-23-22(28)21-19-15-17(25-12-10-18(27)11-13-25)7-8-20(19)26(24-21)14-9-16-5-3-2-4-6-16/h2-6,17-18,27H,7-15H2,1H3,(H,23,28). The van der Waals surface area contributed by atoms with Crippen molar-refractivity contribution in [2.75, 3.05) is 20.1 Å². The van der Waals surface area contributed by atoms with Gasteiger partial charge in [-0.2, -0.15) is 5.10 Å². The van der Waals surface area contributed by atoms with E-state index in [2.05, 4.69) is 39.2 Å². The molecule has 1 saturated heterocycles. The van der Waals surface area contributed by atoms with Crippen LogP contribution in [0.25, 0.3) is 0 Å². The first-order valence-electron chi connectivity index (χ1n) is 10.4. The predicted octanol–water partition coefficient (Wildman–Crippen LogP) is 1.80. The van der Waals surface area contributed by atoms with Gasteiger partial charge in [-0.15, -0.1) is 0 Å². The number of hydrogen-bond acceptors (Lipinski definition) is 4. The summed E-state index contributed by atoms with van der Waals surface area (Å²) in [6, 6.07) is 10.9. The second-order valence-electron chi connectivity index (χ2n) is 7.98. The molecule has 150 valence electrons. The molecule has 1 aromatic heterocycles. The molecule has 2 aliphatic rings. The number of rotatable bonds is 5. The summed E-state index contributed by atoms with van der Waals surface area (Å²) in [6.45, 7) is 2.68. The van der Waals surface area contributed by atoms with E-state index in [0.29, 0.717) is 11.7 Å². The van der Waals surface area contributed by atoms with E-state index in [1.165, 1.54) is 11.3 Å². The lowest BCUT2D eigenvalue weighted by molar-refractivity contribution is 0.0568. The number of aryl methyl sites for hydroxylation is 2. The van der Waals surface area contributed by atoms with Crippen LogP contribution in [0.3, 0.4) is 0 Å². The molecule has 1 aromatic carbocycles. The lowest BCUT2D eigenvalue weighted by atomic mass is 9.89. The van der Waals surface area contributed by atoms with Crippen molar-refractivity contribution >= 4 is 5.91 Å². The number of carbonyl (C=O) groups is 1. The van der Waals surface area contributed by atoms with Crippen molar-refractivity contribution in [2.45, 2.75) is 57.2 Å². The van der Waals surface area contributed by atoms with E-state index in [0.717, 1.165) is 63.7 Å². The van der Waals surface area contributed by atoms with Crippen molar-refractivity contribution in [3.8, 4) is 0 Å². The highest BCUT2D eigenvalue weighted by molar-refractivity contribution is 5.93. The molecule has 0 bridgehead atoms. The minimum Gasteiger partial charge on any atom is -0.393 e. The SMILES string of the molecule is CNC(=O)c1nn(CCc2ccccc2)c2c1CC(N1CCC(O)CC1)CC2. The van der Waals surface area contributed by atoms with Crippen LogP contribution < -0.4 is 5.32 Å². The number of hydrogen-bond donors (Lipinski definition) is 2. The van der Waals surface area contributed by atoms with Crippen molar-refractivity contribution < 1.29 is 9.90 Å². The second-order valence-corrected chi connectivity index (χ2v) is 7.98. The molecule has 2 N–H and O–H groups in total. The first kappa shape index (κ1) is 19.2. The number of amides is 1. The summed E-state index contributed by atoms with van der Waals surface area (Å²) in [7, 11) is 1.67. The highest BCUT2D eigenvalue weighted by Gasteiger charge is 2.32. The third-order valence-corrected chi connectivity index (χ3v) is 6.23. The Bertz CT molecular complexity index is 809. The van der Waals surface area contributed by atoms with Crippen molar-refractivity contribution in [1.82, 2.24) is 20.0 Å². The average molecular weight is 383 g/mol. The molecule has 0 spiro atoms. The van der Waals surface area contributed by atoms with Crippen LogP contribution in [0.1, 0.15) is 46.6 Å². The summed E-state index contributed by atoms with van der Waals surface area (Å²) < 4.78 is 2.06. The lowest BCUT2D eigenvalue weighted by Gasteiger charge is -2.38. The van der Waals surface area contributed by atoms with E-state index in [-0.39, 0.29) is 12.0 Å². The molecule has 1 fully saturated rings. The van der Waals surface area contributed by atoms with Crippen LogP contribution >= 0.6 is 0 Å². The molecule has 2 aromatic rings. The fourth-order valence-corrected chi connectivity index (χ4v) is 4.60. The first-order valence-corrected chi connectivity index (χ1v) is 10.4. The highest BCUT2D eigenvalue weighted by atomic mass is 16.3. The third kappa shape index (κ3) is 3.98. The van der Waals surface area contributed by atoms with Gasteiger partial charge in [0.25, 0.3) is 5.91 Å². The number of carbonyl (C=O) groups excluding carboxylic acids is 1. The maximum atomic E-state index is 12.5. The van der Waals surface area contributed by atoms with Crippen molar-refractivity contribution in [2.24, 2.45) is 0 Å². The largest absolute Gasteiger partial charge is 0.393 e. The Hall–Kier alpha value is -2.18. The third-order valence-electron chi connectivity index (χ3n) is 6.23. The molecular weight excluding hydrogens is 352 g/mol. The van der Waals surface area contributed by atoms with Crippen LogP contribution in [0, 0.1) is 0 Å². The zero-order chi connectivity index (χ0) is 19.5. The monoisotopic (exact) mass is 382 g/mol. The number of nitrogens with zero attached hydrogens (tertiary/aromatic N) is 3. The Morgan fingerprint density at radius 2 is 1.96 bits per heavy atom. The number of nitrogens with one attached hydrogen (secondary N) is 1. The van der Waals surface area contributed by atoms with Gasteiger partial charge in [0.1, 0.15) is 0 Å². The Kier molecular flexibility index (Phi) is 5.78. The highest BCUT2D eigenvalue weighted by Crippen LogP contribution is 2.29. The van der Waals surface area contributed by atoms with E-state index >= 15 is 0 Å². The number of fused-ring (bicyclic) bond motifs is 1.